The lowest BCUT2D eigenvalue weighted by Crippen LogP contribution is -2.48. The van der Waals surface area contributed by atoms with E-state index in [2.05, 4.69) is 20.9 Å². The lowest BCUT2D eigenvalue weighted by Gasteiger charge is -2.31. The van der Waals surface area contributed by atoms with Crippen molar-refractivity contribution in [2.24, 2.45) is 4.99 Å². The number of halogens is 2. The van der Waals surface area contributed by atoms with E-state index in [0.717, 1.165) is 37.8 Å². The largest absolute Gasteiger partial charge is 0.492 e. The van der Waals surface area contributed by atoms with E-state index in [1.807, 2.05) is 20.8 Å². The standard InChI is InChI=1S/C21H32F2N4O3/c1-21(2,3)30-20(28)27-15-7-5-14(6-8-15)26-19(24-4)25-11-12-29-16-9-10-17(22)18(23)13-16/h9-10,13-15H,5-8,11-12H2,1-4H3,(H,27,28)(H2,24,25,26). The van der Waals surface area contributed by atoms with E-state index >= 15 is 0 Å². The van der Waals surface area contributed by atoms with Gasteiger partial charge in [0.25, 0.3) is 0 Å². The summed E-state index contributed by atoms with van der Waals surface area (Å²) in [5, 5.41) is 9.43. The van der Waals surface area contributed by atoms with Gasteiger partial charge in [-0.05, 0) is 58.6 Å². The van der Waals surface area contributed by atoms with Gasteiger partial charge in [0.05, 0.1) is 6.54 Å². The Bertz CT molecular complexity index is 729. The van der Waals surface area contributed by atoms with Crippen LogP contribution in [-0.2, 0) is 4.74 Å². The van der Waals surface area contributed by atoms with Crippen molar-refractivity contribution in [2.75, 3.05) is 20.2 Å². The van der Waals surface area contributed by atoms with E-state index in [1.54, 1.807) is 7.05 Å². The van der Waals surface area contributed by atoms with E-state index in [-0.39, 0.29) is 30.5 Å². The number of carbonyl (C=O) groups excluding carboxylic acids is 1. The molecule has 2 rings (SSSR count). The van der Waals surface area contributed by atoms with E-state index in [4.69, 9.17) is 9.47 Å². The Morgan fingerprint density at radius 3 is 2.30 bits per heavy atom. The number of alkyl carbamates (subject to hydrolysis) is 1. The van der Waals surface area contributed by atoms with Crippen LogP contribution < -0.4 is 20.7 Å². The fraction of sp³-hybridized carbons (Fsp3) is 0.619. The molecule has 9 heteroatoms. The average Bonchev–Trinajstić information content (AvgIpc) is 2.66. The number of benzene rings is 1. The van der Waals surface area contributed by atoms with Gasteiger partial charge in [0.1, 0.15) is 18.0 Å². The highest BCUT2D eigenvalue weighted by atomic mass is 19.2. The Labute approximate surface area is 176 Å². The van der Waals surface area contributed by atoms with Crippen LogP contribution in [0.25, 0.3) is 0 Å². The second-order valence-corrected chi connectivity index (χ2v) is 8.26. The molecule has 1 saturated carbocycles. The van der Waals surface area contributed by atoms with Crippen LogP contribution in [0.3, 0.4) is 0 Å². The summed E-state index contributed by atoms with van der Waals surface area (Å²) < 4.78 is 36.8. The highest BCUT2D eigenvalue weighted by molar-refractivity contribution is 5.79. The summed E-state index contributed by atoms with van der Waals surface area (Å²) in [7, 11) is 1.68. The molecule has 0 unspecified atom stereocenters. The Morgan fingerprint density at radius 1 is 1.10 bits per heavy atom. The zero-order chi connectivity index (χ0) is 22.1. The predicted octanol–water partition coefficient (Wildman–Crippen LogP) is 3.34. The Balaban J connectivity index is 1.65. The van der Waals surface area contributed by atoms with Gasteiger partial charge in [-0.3, -0.25) is 4.99 Å². The van der Waals surface area contributed by atoms with Gasteiger partial charge in [0.2, 0.25) is 0 Å². The molecule has 30 heavy (non-hydrogen) atoms. The second-order valence-electron chi connectivity index (χ2n) is 8.26. The molecule has 0 aromatic heterocycles. The Kier molecular flexibility index (Phi) is 8.68. The summed E-state index contributed by atoms with van der Waals surface area (Å²) in [4.78, 5) is 16.1. The zero-order valence-corrected chi connectivity index (χ0v) is 18.1. The lowest BCUT2D eigenvalue weighted by molar-refractivity contribution is 0.0490. The minimum atomic E-state index is -0.935. The summed E-state index contributed by atoms with van der Waals surface area (Å²) in [5.41, 5.74) is -0.504. The molecule has 1 fully saturated rings. The van der Waals surface area contributed by atoms with Crippen molar-refractivity contribution in [1.82, 2.24) is 16.0 Å². The van der Waals surface area contributed by atoms with Crippen molar-refractivity contribution >= 4 is 12.1 Å². The third-order valence-electron chi connectivity index (χ3n) is 4.57. The fourth-order valence-electron chi connectivity index (χ4n) is 3.15. The van der Waals surface area contributed by atoms with Crippen LogP contribution in [0.1, 0.15) is 46.5 Å². The van der Waals surface area contributed by atoms with Crippen molar-refractivity contribution in [3.05, 3.63) is 29.8 Å². The predicted molar refractivity (Wildman–Crippen MR) is 112 cm³/mol. The highest BCUT2D eigenvalue weighted by Crippen LogP contribution is 2.19. The molecule has 3 N–H and O–H groups in total. The van der Waals surface area contributed by atoms with Gasteiger partial charge in [-0.25, -0.2) is 13.6 Å². The number of nitrogens with one attached hydrogen (secondary N) is 3. The molecule has 0 spiro atoms. The number of amides is 1. The summed E-state index contributed by atoms with van der Waals surface area (Å²) in [5.74, 6) is -0.919. The van der Waals surface area contributed by atoms with Crippen LogP contribution in [0.2, 0.25) is 0 Å². The van der Waals surface area contributed by atoms with Gasteiger partial charge in [-0.2, -0.15) is 0 Å². The number of ether oxygens (including phenoxy) is 2. The maximum absolute atomic E-state index is 13.2. The van der Waals surface area contributed by atoms with Crippen LogP contribution >= 0.6 is 0 Å². The average molecular weight is 427 g/mol. The number of rotatable bonds is 6. The molecule has 0 aliphatic heterocycles. The van der Waals surface area contributed by atoms with Crippen LogP contribution in [0.4, 0.5) is 13.6 Å². The van der Waals surface area contributed by atoms with Gasteiger partial charge in [0.15, 0.2) is 17.6 Å². The molecule has 0 heterocycles. The van der Waals surface area contributed by atoms with Crippen LogP contribution in [-0.4, -0.2) is 49.9 Å². The molecular formula is C21H32F2N4O3. The Hall–Kier alpha value is -2.58. The third kappa shape index (κ3) is 8.42. The van der Waals surface area contributed by atoms with Gasteiger partial charge < -0.3 is 25.4 Å². The maximum atomic E-state index is 13.2. The van der Waals surface area contributed by atoms with E-state index in [1.165, 1.54) is 6.07 Å². The van der Waals surface area contributed by atoms with Crippen molar-refractivity contribution in [2.45, 2.75) is 64.1 Å². The monoisotopic (exact) mass is 426 g/mol. The lowest BCUT2D eigenvalue weighted by atomic mass is 9.91. The minimum absolute atomic E-state index is 0.109. The molecular weight excluding hydrogens is 394 g/mol. The highest BCUT2D eigenvalue weighted by Gasteiger charge is 2.25. The second kappa shape index (κ2) is 11.0. The molecule has 1 aliphatic carbocycles. The minimum Gasteiger partial charge on any atom is -0.492 e. The molecule has 0 saturated heterocycles. The summed E-state index contributed by atoms with van der Waals surface area (Å²) >= 11 is 0. The maximum Gasteiger partial charge on any atom is 0.407 e. The first-order chi connectivity index (χ1) is 14.2. The number of nitrogens with zero attached hydrogens (tertiary/aromatic N) is 1. The molecule has 1 amide bonds. The Morgan fingerprint density at radius 2 is 1.73 bits per heavy atom. The first-order valence-electron chi connectivity index (χ1n) is 10.2. The van der Waals surface area contributed by atoms with Crippen molar-refractivity contribution in [3.63, 3.8) is 0 Å². The fourth-order valence-corrected chi connectivity index (χ4v) is 3.15. The van der Waals surface area contributed by atoms with Crippen molar-refractivity contribution in [1.29, 1.82) is 0 Å². The first kappa shape index (κ1) is 23.7. The molecule has 1 aromatic rings. The van der Waals surface area contributed by atoms with Gasteiger partial charge in [-0.1, -0.05) is 0 Å². The smallest absolute Gasteiger partial charge is 0.407 e. The third-order valence-corrected chi connectivity index (χ3v) is 4.57. The topological polar surface area (TPSA) is 84.0 Å². The van der Waals surface area contributed by atoms with Crippen molar-refractivity contribution in [3.8, 4) is 5.75 Å². The molecule has 0 bridgehead atoms. The number of aliphatic imine (C=N–C) groups is 1. The van der Waals surface area contributed by atoms with E-state index in [0.29, 0.717) is 12.5 Å². The molecule has 7 nitrogen and oxygen atoms in total. The molecule has 0 atom stereocenters. The van der Waals surface area contributed by atoms with Crippen LogP contribution in [0.5, 0.6) is 5.75 Å². The normalized spacial score (nSPS) is 19.7. The molecule has 0 radical (unpaired) electrons. The molecule has 168 valence electrons. The quantitative estimate of drug-likeness (QED) is 0.369. The van der Waals surface area contributed by atoms with E-state index in [9.17, 15) is 13.6 Å². The first-order valence-corrected chi connectivity index (χ1v) is 10.2. The molecule has 1 aliphatic rings. The number of guanidine groups is 1. The number of hydrogen-bond acceptors (Lipinski definition) is 4. The summed E-state index contributed by atoms with van der Waals surface area (Å²) in [6, 6.07) is 3.80. The van der Waals surface area contributed by atoms with Gasteiger partial charge in [-0.15, -0.1) is 0 Å². The zero-order valence-electron chi connectivity index (χ0n) is 18.1. The number of hydrogen-bond donors (Lipinski definition) is 3. The van der Waals surface area contributed by atoms with Gasteiger partial charge in [0, 0.05) is 25.2 Å². The summed E-state index contributed by atoms with van der Waals surface area (Å²) in [6.45, 7) is 6.26. The van der Waals surface area contributed by atoms with Crippen LogP contribution in [0, 0.1) is 11.6 Å². The SMILES string of the molecule is CN=C(NCCOc1ccc(F)c(F)c1)NC1CCC(NC(=O)OC(C)(C)C)CC1. The number of carbonyl (C=O) groups is 1. The van der Waals surface area contributed by atoms with Crippen molar-refractivity contribution < 1.29 is 23.0 Å². The summed E-state index contributed by atoms with van der Waals surface area (Å²) in [6.07, 6.45) is 3.12. The molecule has 1 aromatic carbocycles. The van der Waals surface area contributed by atoms with Gasteiger partial charge >= 0.3 is 6.09 Å². The van der Waals surface area contributed by atoms with E-state index < -0.39 is 17.2 Å². The van der Waals surface area contributed by atoms with Crippen LogP contribution in [0.15, 0.2) is 23.2 Å².